The highest BCUT2D eigenvalue weighted by Crippen LogP contribution is 2.24. The summed E-state index contributed by atoms with van der Waals surface area (Å²) in [6, 6.07) is 16.7. The molecular weight excluding hydrogens is 426 g/mol. The van der Waals surface area contributed by atoms with E-state index in [2.05, 4.69) is 25.0 Å². The first-order valence-corrected chi connectivity index (χ1v) is 11.4. The molecule has 0 atom stereocenters. The van der Waals surface area contributed by atoms with Gasteiger partial charge in [0, 0.05) is 29.2 Å². The Bertz CT molecular complexity index is 1370. The number of nitrogens with zero attached hydrogens (tertiary/aromatic N) is 3. The fraction of sp³-hybridized carbons (Fsp3) is 0.130. The number of anilines is 2. The molecule has 32 heavy (non-hydrogen) atoms. The molecule has 0 saturated heterocycles. The van der Waals surface area contributed by atoms with Crippen molar-refractivity contribution in [3.63, 3.8) is 0 Å². The number of carbonyl (C=O) groups is 1. The average molecular weight is 448 g/mol. The second kappa shape index (κ2) is 8.72. The molecule has 2 N–H and O–H groups in total. The molecule has 0 spiro atoms. The molecule has 0 radical (unpaired) electrons. The van der Waals surface area contributed by atoms with E-state index in [1.807, 2.05) is 38.1 Å². The van der Waals surface area contributed by atoms with Gasteiger partial charge in [0.15, 0.2) is 0 Å². The number of carbonyl (C=O) groups excluding carboxylic acids is 1. The highest BCUT2D eigenvalue weighted by atomic mass is 32.2. The number of aromatic nitrogens is 3. The standard InChI is InChI=1S/C23H21N5O3S/c1-15(2)21-14-19(18-6-3-4-7-20(18)27-21)22(29)26-16-8-10-17(11-9-16)32(30,31)28-23-24-12-5-13-25-23/h3-15H,1-2H3,(H,26,29)(H,24,25,28). The molecule has 0 saturated carbocycles. The third-order valence-electron chi connectivity index (χ3n) is 4.79. The molecule has 9 heteroatoms. The van der Waals surface area contributed by atoms with Crippen molar-refractivity contribution in [3.8, 4) is 0 Å². The minimum atomic E-state index is -3.85. The van der Waals surface area contributed by atoms with E-state index in [0.29, 0.717) is 11.3 Å². The SMILES string of the molecule is CC(C)c1cc(C(=O)Nc2ccc(S(=O)(=O)Nc3ncccn3)cc2)c2ccccc2n1. The van der Waals surface area contributed by atoms with Crippen molar-refractivity contribution >= 4 is 38.5 Å². The predicted octanol–water partition coefficient (Wildman–Crippen LogP) is 4.20. The first-order chi connectivity index (χ1) is 15.3. The maximum Gasteiger partial charge on any atom is 0.264 e. The predicted molar refractivity (Wildman–Crippen MR) is 123 cm³/mol. The molecule has 0 aliphatic rings. The third-order valence-corrected chi connectivity index (χ3v) is 6.13. The number of nitrogens with one attached hydrogen (secondary N) is 2. The van der Waals surface area contributed by atoms with Crippen LogP contribution >= 0.6 is 0 Å². The first kappa shape index (κ1) is 21.4. The maximum absolute atomic E-state index is 13.0. The van der Waals surface area contributed by atoms with Crippen molar-refractivity contribution in [3.05, 3.63) is 84.3 Å². The number of hydrogen-bond donors (Lipinski definition) is 2. The summed E-state index contributed by atoms with van der Waals surface area (Å²) in [6.07, 6.45) is 2.88. The molecule has 2 heterocycles. The Kier molecular flexibility index (Phi) is 5.83. The highest BCUT2D eigenvalue weighted by molar-refractivity contribution is 7.92. The van der Waals surface area contributed by atoms with E-state index in [-0.39, 0.29) is 22.7 Å². The summed E-state index contributed by atoms with van der Waals surface area (Å²) in [5.41, 5.74) is 2.56. The quantitative estimate of drug-likeness (QED) is 0.458. The molecule has 0 fully saturated rings. The number of benzene rings is 2. The van der Waals surface area contributed by atoms with Gasteiger partial charge < -0.3 is 5.32 Å². The van der Waals surface area contributed by atoms with E-state index < -0.39 is 10.0 Å². The van der Waals surface area contributed by atoms with Gasteiger partial charge in [-0.1, -0.05) is 32.0 Å². The van der Waals surface area contributed by atoms with Crippen molar-refractivity contribution < 1.29 is 13.2 Å². The molecule has 4 aromatic rings. The van der Waals surface area contributed by atoms with Crippen LogP contribution in [0.4, 0.5) is 11.6 Å². The van der Waals surface area contributed by atoms with Crippen LogP contribution in [0.2, 0.25) is 0 Å². The molecule has 0 unspecified atom stereocenters. The maximum atomic E-state index is 13.0. The van der Waals surface area contributed by atoms with Gasteiger partial charge in [0.05, 0.1) is 16.0 Å². The lowest BCUT2D eigenvalue weighted by Crippen LogP contribution is -2.16. The van der Waals surface area contributed by atoms with E-state index in [1.165, 1.54) is 36.7 Å². The number of rotatable bonds is 6. The molecular formula is C23H21N5O3S. The van der Waals surface area contributed by atoms with E-state index in [4.69, 9.17) is 0 Å². The van der Waals surface area contributed by atoms with Crippen molar-refractivity contribution in [2.45, 2.75) is 24.7 Å². The summed E-state index contributed by atoms with van der Waals surface area (Å²) in [7, 11) is -3.85. The Balaban J connectivity index is 1.57. The van der Waals surface area contributed by atoms with Crippen LogP contribution in [0.3, 0.4) is 0 Å². The summed E-state index contributed by atoms with van der Waals surface area (Å²) in [5.74, 6) is -0.149. The van der Waals surface area contributed by atoms with Gasteiger partial charge in [-0.15, -0.1) is 0 Å². The van der Waals surface area contributed by atoms with Gasteiger partial charge in [0.25, 0.3) is 15.9 Å². The minimum absolute atomic E-state index is 0.0181. The average Bonchev–Trinajstić information content (AvgIpc) is 2.79. The molecule has 8 nitrogen and oxygen atoms in total. The second-order valence-corrected chi connectivity index (χ2v) is 9.11. The number of sulfonamides is 1. The summed E-state index contributed by atoms with van der Waals surface area (Å²) in [5, 5.41) is 3.59. The van der Waals surface area contributed by atoms with Crippen LogP contribution in [0.1, 0.15) is 35.8 Å². The number of fused-ring (bicyclic) bond motifs is 1. The van der Waals surface area contributed by atoms with E-state index in [9.17, 15) is 13.2 Å². The molecule has 1 amide bonds. The Labute approximate surface area is 185 Å². The van der Waals surface area contributed by atoms with Gasteiger partial charge in [-0.3, -0.25) is 9.78 Å². The highest BCUT2D eigenvalue weighted by Gasteiger charge is 2.17. The molecule has 2 aromatic carbocycles. The van der Waals surface area contributed by atoms with Crippen LogP contribution < -0.4 is 10.0 Å². The molecule has 0 aliphatic carbocycles. The topological polar surface area (TPSA) is 114 Å². The fourth-order valence-corrected chi connectivity index (χ4v) is 4.08. The summed E-state index contributed by atoms with van der Waals surface area (Å²) < 4.78 is 27.4. The Morgan fingerprint density at radius 2 is 1.62 bits per heavy atom. The fourth-order valence-electron chi connectivity index (χ4n) is 3.13. The monoisotopic (exact) mass is 447 g/mol. The van der Waals surface area contributed by atoms with E-state index in [0.717, 1.165) is 16.6 Å². The van der Waals surface area contributed by atoms with Crippen molar-refractivity contribution in [1.82, 2.24) is 15.0 Å². The zero-order valence-corrected chi connectivity index (χ0v) is 18.3. The molecule has 0 aliphatic heterocycles. The Morgan fingerprint density at radius 3 is 2.31 bits per heavy atom. The summed E-state index contributed by atoms with van der Waals surface area (Å²) in [4.78, 5) is 25.4. The van der Waals surface area contributed by atoms with E-state index in [1.54, 1.807) is 12.1 Å². The molecule has 4 rings (SSSR count). The zero-order chi connectivity index (χ0) is 22.7. The van der Waals surface area contributed by atoms with Crippen LogP contribution in [0, 0.1) is 0 Å². The Hall–Kier alpha value is -3.85. The van der Waals surface area contributed by atoms with Crippen molar-refractivity contribution in [1.29, 1.82) is 0 Å². The third kappa shape index (κ3) is 4.57. The minimum Gasteiger partial charge on any atom is -0.322 e. The van der Waals surface area contributed by atoms with Gasteiger partial charge in [-0.2, -0.15) is 0 Å². The van der Waals surface area contributed by atoms with Gasteiger partial charge in [-0.25, -0.2) is 23.1 Å². The van der Waals surface area contributed by atoms with E-state index >= 15 is 0 Å². The van der Waals surface area contributed by atoms with Gasteiger partial charge in [-0.05, 0) is 48.4 Å². The zero-order valence-electron chi connectivity index (χ0n) is 17.5. The van der Waals surface area contributed by atoms with Crippen LogP contribution in [0.5, 0.6) is 0 Å². The summed E-state index contributed by atoms with van der Waals surface area (Å²) in [6.45, 7) is 4.04. The van der Waals surface area contributed by atoms with Gasteiger partial charge in [0.2, 0.25) is 5.95 Å². The number of hydrogen-bond acceptors (Lipinski definition) is 6. The number of pyridine rings is 1. The number of para-hydroxylation sites is 1. The normalized spacial score (nSPS) is 11.5. The van der Waals surface area contributed by atoms with Crippen LogP contribution in [-0.4, -0.2) is 29.3 Å². The largest absolute Gasteiger partial charge is 0.322 e. The Morgan fingerprint density at radius 1 is 0.938 bits per heavy atom. The first-order valence-electron chi connectivity index (χ1n) is 9.94. The van der Waals surface area contributed by atoms with Crippen LogP contribution in [0.15, 0.2) is 78.0 Å². The molecule has 2 aromatic heterocycles. The molecule has 0 bridgehead atoms. The summed E-state index contributed by atoms with van der Waals surface area (Å²) >= 11 is 0. The second-order valence-electron chi connectivity index (χ2n) is 7.42. The smallest absolute Gasteiger partial charge is 0.264 e. The van der Waals surface area contributed by atoms with Gasteiger partial charge >= 0.3 is 0 Å². The van der Waals surface area contributed by atoms with Gasteiger partial charge in [0.1, 0.15) is 0 Å². The number of amides is 1. The lowest BCUT2D eigenvalue weighted by atomic mass is 10.0. The van der Waals surface area contributed by atoms with Crippen molar-refractivity contribution in [2.75, 3.05) is 10.0 Å². The van der Waals surface area contributed by atoms with Crippen LogP contribution in [-0.2, 0) is 10.0 Å². The molecule has 162 valence electrons. The van der Waals surface area contributed by atoms with Crippen molar-refractivity contribution in [2.24, 2.45) is 0 Å². The lowest BCUT2D eigenvalue weighted by molar-refractivity contribution is 0.102. The van der Waals surface area contributed by atoms with Crippen LogP contribution in [0.25, 0.3) is 10.9 Å². The lowest BCUT2D eigenvalue weighted by Gasteiger charge is -2.12.